The van der Waals surface area contributed by atoms with E-state index in [1.54, 1.807) is 11.8 Å². The quantitative estimate of drug-likeness (QED) is 0.783. The van der Waals surface area contributed by atoms with E-state index < -0.39 is 0 Å². The van der Waals surface area contributed by atoms with E-state index in [2.05, 4.69) is 20.5 Å². The molecule has 2 N–H and O–H groups in total. The van der Waals surface area contributed by atoms with Crippen molar-refractivity contribution in [2.24, 2.45) is 5.92 Å². The summed E-state index contributed by atoms with van der Waals surface area (Å²) in [6, 6.07) is 0. The Hall–Kier alpha value is -1.92. The van der Waals surface area contributed by atoms with Gasteiger partial charge in [0.25, 0.3) is 0 Å². The van der Waals surface area contributed by atoms with Crippen molar-refractivity contribution >= 4 is 11.8 Å². The van der Waals surface area contributed by atoms with Crippen LogP contribution in [0.5, 0.6) is 0 Å². The predicted molar refractivity (Wildman–Crippen MR) is 68.1 cm³/mol. The average Bonchev–Trinajstić information content (AvgIpc) is 2.92. The third kappa shape index (κ3) is 3.77. The summed E-state index contributed by atoms with van der Waals surface area (Å²) in [4.78, 5) is 28.9. The van der Waals surface area contributed by atoms with Crippen LogP contribution in [-0.2, 0) is 16.0 Å². The number of aromatic nitrogens is 3. The van der Waals surface area contributed by atoms with Crippen LogP contribution in [0.1, 0.15) is 25.6 Å². The van der Waals surface area contributed by atoms with Gasteiger partial charge in [0.1, 0.15) is 12.2 Å². The molecule has 1 aliphatic rings. The Bertz CT molecular complexity index is 423. The Kier molecular flexibility index (Phi) is 4.48. The van der Waals surface area contributed by atoms with Crippen molar-refractivity contribution in [2.75, 3.05) is 19.6 Å². The molecular weight excluding hydrogens is 246 g/mol. The molecule has 2 rings (SSSR count). The SMILES string of the molecule is CC(=O)N1CCC(C(=O)NCCc2ncn[nH]2)CC1. The van der Waals surface area contributed by atoms with E-state index in [-0.39, 0.29) is 17.7 Å². The molecule has 19 heavy (non-hydrogen) atoms. The Balaban J connectivity index is 1.68. The second kappa shape index (κ2) is 6.31. The summed E-state index contributed by atoms with van der Waals surface area (Å²) in [6.45, 7) is 3.48. The fourth-order valence-corrected chi connectivity index (χ4v) is 2.26. The molecule has 0 aromatic carbocycles. The number of aromatic amines is 1. The monoisotopic (exact) mass is 265 g/mol. The Labute approximate surface area is 111 Å². The van der Waals surface area contributed by atoms with Gasteiger partial charge in [-0.15, -0.1) is 0 Å². The zero-order valence-corrected chi connectivity index (χ0v) is 11.1. The predicted octanol–water partition coefficient (Wildman–Crippen LogP) is -0.278. The number of H-pyrrole nitrogens is 1. The fourth-order valence-electron chi connectivity index (χ4n) is 2.26. The van der Waals surface area contributed by atoms with Gasteiger partial charge in [0, 0.05) is 38.9 Å². The van der Waals surface area contributed by atoms with Gasteiger partial charge in [0.05, 0.1) is 0 Å². The number of carbonyl (C=O) groups is 2. The molecule has 1 aliphatic heterocycles. The molecule has 1 aromatic heterocycles. The standard InChI is InChI=1S/C12H19N5O2/c1-9(18)17-6-3-10(4-7-17)12(19)13-5-2-11-14-8-15-16-11/h8,10H,2-7H2,1H3,(H,13,19)(H,14,15,16). The summed E-state index contributed by atoms with van der Waals surface area (Å²) in [7, 11) is 0. The third-order valence-corrected chi connectivity index (χ3v) is 3.44. The van der Waals surface area contributed by atoms with Crippen molar-refractivity contribution in [3.8, 4) is 0 Å². The fraction of sp³-hybridized carbons (Fsp3) is 0.667. The first-order valence-corrected chi connectivity index (χ1v) is 6.54. The summed E-state index contributed by atoms with van der Waals surface area (Å²) in [5.41, 5.74) is 0. The van der Waals surface area contributed by atoms with Crippen LogP contribution in [0.3, 0.4) is 0 Å². The molecule has 1 aromatic rings. The van der Waals surface area contributed by atoms with Crippen LogP contribution >= 0.6 is 0 Å². The Morgan fingerprint density at radius 1 is 1.47 bits per heavy atom. The summed E-state index contributed by atoms with van der Waals surface area (Å²) >= 11 is 0. The number of rotatable bonds is 4. The number of hydrogen-bond acceptors (Lipinski definition) is 4. The van der Waals surface area contributed by atoms with E-state index >= 15 is 0 Å². The number of hydrogen-bond donors (Lipinski definition) is 2. The molecule has 2 heterocycles. The smallest absolute Gasteiger partial charge is 0.223 e. The minimum absolute atomic E-state index is 0.0188. The summed E-state index contributed by atoms with van der Waals surface area (Å²) in [5, 5.41) is 9.41. The molecule has 1 saturated heterocycles. The Morgan fingerprint density at radius 3 is 2.79 bits per heavy atom. The number of piperidine rings is 1. The lowest BCUT2D eigenvalue weighted by Gasteiger charge is -2.30. The maximum absolute atomic E-state index is 11.9. The van der Waals surface area contributed by atoms with Crippen molar-refractivity contribution in [3.05, 3.63) is 12.2 Å². The van der Waals surface area contributed by atoms with Crippen molar-refractivity contribution in [1.29, 1.82) is 0 Å². The highest BCUT2D eigenvalue weighted by atomic mass is 16.2. The zero-order valence-electron chi connectivity index (χ0n) is 11.1. The lowest BCUT2D eigenvalue weighted by molar-refractivity contribution is -0.133. The summed E-state index contributed by atoms with van der Waals surface area (Å²) in [5.74, 6) is 0.948. The molecule has 0 spiro atoms. The highest BCUT2D eigenvalue weighted by Crippen LogP contribution is 2.17. The van der Waals surface area contributed by atoms with Crippen LogP contribution in [0.4, 0.5) is 0 Å². The van der Waals surface area contributed by atoms with E-state index in [0.29, 0.717) is 26.1 Å². The third-order valence-electron chi connectivity index (χ3n) is 3.44. The molecule has 7 heteroatoms. The van der Waals surface area contributed by atoms with Crippen LogP contribution in [0.15, 0.2) is 6.33 Å². The van der Waals surface area contributed by atoms with Crippen molar-refractivity contribution in [3.63, 3.8) is 0 Å². The lowest BCUT2D eigenvalue weighted by Crippen LogP contribution is -2.42. The molecule has 0 bridgehead atoms. The highest BCUT2D eigenvalue weighted by molar-refractivity contribution is 5.79. The van der Waals surface area contributed by atoms with Gasteiger partial charge >= 0.3 is 0 Å². The van der Waals surface area contributed by atoms with Crippen molar-refractivity contribution in [1.82, 2.24) is 25.4 Å². The number of carbonyl (C=O) groups excluding carboxylic acids is 2. The van der Waals surface area contributed by atoms with Crippen LogP contribution in [0.25, 0.3) is 0 Å². The van der Waals surface area contributed by atoms with Gasteiger partial charge in [-0.2, -0.15) is 5.10 Å². The Morgan fingerprint density at radius 2 is 2.21 bits per heavy atom. The molecule has 2 amide bonds. The molecule has 104 valence electrons. The first-order chi connectivity index (χ1) is 9.16. The van der Waals surface area contributed by atoms with Crippen molar-refractivity contribution in [2.45, 2.75) is 26.2 Å². The second-order valence-electron chi connectivity index (χ2n) is 4.75. The molecule has 0 atom stereocenters. The van der Waals surface area contributed by atoms with Gasteiger partial charge < -0.3 is 10.2 Å². The minimum atomic E-state index is 0.0188. The minimum Gasteiger partial charge on any atom is -0.355 e. The first kappa shape index (κ1) is 13.5. The highest BCUT2D eigenvalue weighted by Gasteiger charge is 2.25. The topological polar surface area (TPSA) is 91.0 Å². The van der Waals surface area contributed by atoms with Gasteiger partial charge in [0.15, 0.2) is 0 Å². The molecular formula is C12H19N5O2. The van der Waals surface area contributed by atoms with Crippen LogP contribution in [-0.4, -0.2) is 51.5 Å². The normalized spacial score (nSPS) is 16.4. The number of amides is 2. The largest absolute Gasteiger partial charge is 0.355 e. The van der Waals surface area contributed by atoms with E-state index in [4.69, 9.17) is 0 Å². The van der Waals surface area contributed by atoms with Gasteiger partial charge in [-0.25, -0.2) is 4.98 Å². The van der Waals surface area contributed by atoms with Gasteiger partial charge in [-0.05, 0) is 12.8 Å². The van der Waals surface area contributed by atoms with Crippen LogP contribution in [0.2, 0.25) is 0 Å². The number of nitrogens with zero attached hydrogens (tertiary/aromatic N) is 3. The van der Waals surface area contributed by atoms with Gasteiger partial charge in [-0.1, -0.05) is 0 Å². The average molecular weight is 265 g/mol. The van der Waals surface area contributed by atoms with Crippen LogP contribution < -0.4 is 5.32 Å². The number of nitrogens with one attached hydrogen (secondary N) is 2. The lowest BCUT2D eigenvalue weighted by atomic mass is 9.96. The second-order valence-corrected chi connectivity index (χ2v) is 4.75. The number of likely N-dealkylation sites (tertiary alicyclic amines) is 1. The first-order valence-electron chi connectivity index (χ1n) is 6.54. The van der Waals surface area contributed by atoms with E-state index in [1.165, 1.54) is 6.33 Å². The summed E-state index contributed by atoms with van der Waals surface area (Å²) in [6.07, 6.45) is 3.59. The van der Waals surface area contributed by atoms with Crippen LogP contribution in [0, 0.1) is 5.92 Å². The van der Waals surface area contributed by atoms with Gasteiger partial charge in [-0.3, -0.25) is 14.7 Å². The molecule has 0 unspecified atom stereocenters. The zero-order chi connectivity index (χ0) is 13.7. The molecule has 0 radical (unpaired) electrons. The van der Waals surface area contributed by atoms with Gasteiger partial charge in [0.2, 0.25) is 11.8 Å². The van der Waals surface area contributed by atoms with E-state index in [0.717, 1.165) is 18.7 Å². The molecule has 7 nitrogen and oxygen atoms in total. The molecule has 1 fully saturated rings. The van der Waals surface area contributed by atoms with E-state index in [1.807, 2.05) is 0 Å². The van der Waals surface area contributed by atoms with E-state index in [9.17, 15) is 9.59 Å². The summed E-state index contributed by atoms with van der Waals surface area (Å²) < 4.78 is 0. The molecule has 0 aliphatic carbocycles. The molecule has 0 saturated carbocycles. The maximum atomic E-state index is 11.9. The maximum Gasteiger partial charge on any atom is 0.223 e. The van der Waals surface area contributed by atoms with Crippen molar-refractivity contribution < 1.29 is 9.59 Å².